The van der Waals surface area contributed by atoms with Crippen LogP contribution in [0.4, 0.5) is 37.6 Å². The molecule has 2 aromatic carbocycles. The molecule has 0 aliphatic carbocycles. The van der Waals surface area contributed by atoms with Crippen LogP contribution < -0.4 is 15.5 Å². The van der Waals surface area contributed by atoms with Gasteiger partial charge in [-0.3, -0.25) is 0 Å². The molecule has 27 heavy (non-hydrogen) atoms. The maximum absolute atomic E-state index is 13.8. The zero-order valence-electron chi connectivity index (χ0n) is 15.2. The van der Waals surface area contributed by atoms with Crippen LogP contribution in [-0.4, -0.2) is 23.1 Å². The number of rotatable bonds is 7. The minimum atomic E-state index is -0.685. The number of benzene rings is 2. The van der Waals surface area contributed by atoms with E-state index in [2.05, 4.69) is 39.3 Å². The Kier molecular flexibility index (Phi) is 5.80. The van der Waals surface area contributed by atoms with Crippen LogP contribution in [0.3, 0.4) is 0 Å². The Labute approximate surface area is 157 Å². The lowest BCUT2D eigenvalue weighted by Gasteiger charge is -2.21. The first-order chi connectivity index (χ1) is 13.1. The maximum Gasteiger partial charge on any atom is 0.229 e. The molecule has 0 saturated heterocycles. The zero-order valence-corrected chi connectivity index (χ0v) is 15.2. The van der Waals surface area contributed by atoms with Gasteiger partial charge in [0.15, 0.2) is 0 Å². The summed E-state index contributed by atoms with van der Waals surface area (Å²) in [5.74, 6) is -0.540. The SMILES string of the molecule is CCN(CC)c1ccc(Nc2nccc(Nc3ccc(F)cc3F)n2)cc1. The van der Waals surface area contributed by atoms with Gasteiger partial charge >= 0.3 is 0 Å². The van der Waals surface area contributed by atoms with Gasteiger partial charge in [-0.25, -0.2) is 13.8 Å². The van der Waals surface area contributed by atoms with Crippen LogP contribution in [-0.2, 0) is 0 Å². The van der Waals surface area contributed by atoms with Gasteiger partial charge in [0.2, 0.25) is 5.95 Å². The summed E-state index contributed by atoms with van der Waals surface area (Å²) >= 11 is 0. The van der Waals surface area contributed by atoms with E-state index in [1.165, 1.54) is 12.1 Å². The fourth-order valence-electron chi connectivity index (χ4n) is 2.69. The number of nitrogens with one attached hydrogen (secondary N) is 2. The number of hydrogen-bond donors (Lipinski definition) is 2. The van der Waals surface area contributed by atoms with E-state index < -0.39 is 11.6 Å². The second-order valence-electron chi connectivity index (χ2n) is 5.86. The molecular formula is C20H21F2N5. The van der Waals surface area contributed by atoms with Crippen LogP contribution in [0.15, 0.2) is 54.7 Å². The third kappa shape index (κ3) is 4.69. The largest absolute Gasteiger partial charge is 0.372 e. The van der Waals surface area contributed by atoms with Crippen molar-refractivity contribution in [2.24, 2.45) is 0 Å². The van der Waals surface area contributed by atoms with Gasteiger partial charge in [0.25, 0.3) is 0 Å². The van der Waals surface area contributed by atoms with Crippen molar-refractivity contribution in [2.45, 2.75) is 13.8 Å². The average molecular weight is 369 g/mol. The summed E-state index contributed by atoms with van der Waals surface area (Å²) in [5, 5.41) is 5.95. The highest BCUT2D eigenvalue weighted by molar-refractivity contribution is 5.62. The molecule has 1 heterocycles. The number of anilines is 5. The third-order valence-electron chi connectivity index (χ3n) is 4.10. The highest BCUT2D eigenvalue weighted by Crippen LogP contribution is 2.22. The molecular weight excluding hydrogens is 348 g/mol. The van der Waals surface area contributed by atoms with Gasteiger partial charge in [-0.05, 0) is 56.3 Å². The van der Waals surface area contributed by atoms with Gasteiger partial charge in [0, 0.05) is 36.7 Å². The summed E-state index contributed by atoms with van der Waals surface area (Å²) in [6.07, 6.45) is 1.56. The highest BCUT2D eigenvalue weighted by Gasteiger charge is 2.07. The molecule has 0 amide bonds. The summed E-state index contributed by atoms with van der Waals surface area (Å²) in [4.78, 5) is 10.7. The Morgan fingerprint density at radius 1 is 0.926 bits per heavy atom. The Balaban J connectivity index is 1.72. The molecule has 3 rings (SSSR count). The maximum atomic E-state index is 13.8. The second-order valence-corrected chi connectivity index (χ2v) is 5.86. The molecule has 0 spiro atoms. The number of aromatic nitrogens is 2. The van der Waals surface area contributed by atoms with Crippen molar-refractivity contribution in [3.05, 3.63) is 66.4 Å². The Bertz CT molecular complexity index is 895. The molecule has 140 valence electrons. The van der Waals surface area contributed by atoms with Gasteiger partial charge in [-0.15, -0.1) is 0 Å². The summed E-state index contributed by atoms with van der Waals surface area (Å²) < 4.78 is 26.8. The summed E-state index contributed by atoms with van der Waals surface area (Å²) in [5.41, 5.74) is 2.13. The van der Waals surface area contributed by atoms with E-state index in [1.54, 1.807) is 12.3 Å². The predicted octanol–water partition coefficient (Wildman–Crippen LogP) is 5.09. The number of halogens is 2. The quantitative estimate of drug-likeness (QED) is 0.608. The molecule has 0 bridgehead atoms. The normalized spacial score (nSPS) is 10.5. The molecule has 5 nitrogen and oxygen atoms in total. The molecule has 0 radical (unpaired) electrons. The van der Waals surface area contributed by atoms with Crippen LogP contribution in [0.25, 0.3) is 0 Å². The van der Waals surface area contributed by atoms with Gasteiger partial charge in [-0.1, -0.05) is 0 Å². The van der Waals surface area contributed by atoms with Crippen molar-refractivity contribution in [2.75, 3.05) is 28.6 Å². The topological polar surface area (TPSA) is 53.1 Å². The molecule has 7 heteroatoms. The monoisotopic (exact) mass is 369 g/mol. The molecule has 0 aliphatic heterocycles. The van der Waals surface area contributed by atoms with Crippen molar-refractivity contribution in [3.8, 4) is 0 Å². The minimum absolute atomic E-state index is 0.143. The third-order valence-corrected chi connectivity index (χ3v) is 4.10. The van der Waals surface area contributed by atoms with Crippen molar-refractivity contribution in [1.82, 2.24) is 9.97 Å². The van der Waals surface area contributed by atoms with Crippen LogP contribution in [0.5, 0.6) is 0 Å². The van der Waals surface area contributed by atoms with E-state index in [1.807, 2.05) is 24.3 Å². The average Bonchev–Trinajstić information content (AvgIpc) is 2.67. The fraction of sp³-hybridized carbons (Fsp3) is 0.200. The Morgan fingerprint density at radius 3 is 2.33 bits per heavy atom. The minimum Gasteiger partial charge on any atom is -0.372 e. The fourth-order valence-corrected chi connectivity index (χ4v) is 2.69. The van der Waals surface area contributed by atoms with E-state index in [-0.39, 0.29) is 5.69 Å². The molecule has 1 aromatic heterocycles. The van der Waals surface area contributed by atoms with Crippen molar-refractivity contribution in [1.29, 1.82) is 0 Å². The first kappa shape index (κ1) is 18.6. The number of hydrogen-bond acceptors (Lipinski definition) is 5. The Hall–Kier alpha value is -3.22. The molecule has 0 saturated carbocycles. The van der Waals surface area contributed by atoms with E-state index in [0.29, 0.717) is 11.8 Å². The predicted molar refractivity (Wildman–Crippen MR) is 105 cm³/mol. The van der Waals surface area contributed by atoms with E-state index >= 15 is 0 Å². The van der Waals surface area contributed by atoms with Crippen LogP contribution in [0, 0.1) is 11.6 Å². The first-order valence-corrected chi connectivity index (χ1v) is 8.76. The van der Waals surface area contributed by atoms with E-state index in [4.69, 9.17) is 0 Å². The zero-order chi connectivity index (χ0) is 19.2. The summed E-state index contributed by atoms with van der Waals surface area (Å²) in [6, 6.07) is 12.9. The lowest BCUT2D eigenvalue weighted by Crippen LogP contribution is -2.21. The highest BCUT2D eigenvalue weighted by atomic mass is 19.1. The van der Waals surface area contributed by atoms with Crippen molar-refractivity contribution in [3.63, 3.8) is 0 Å². The van der Waals surface area contributed by atoms with Gasteiger partial charge in [0.1, 0.15) is 17.5 Å². The number of nitrogens with zero attached hydrogens (tertiary/aromatic N) is 3. The standard InChI is InChI=1S/C20H21F2N5/c1-3-27(4-2)16-8-6-15(7-9-16)24-20-23-12-11-19(26-20)25-18-10-5-14(21)13-17(18)22/h5-13H,3-4H2,1-2H3,(H2,23,24,25,26). The molecule has 0 aliphatic rings. The molecule has 0 fully saturated rings. The molecule has 2 N–H and O–H groups in total. The van der Waals surface area contributed by atoms with E-state index in [9.17, 15) is 8.78 Å². The molecule has 0 unspecified atom stereocenters. The van der Waals surface area contributed by atoms with Crippen LogP contribution >= 0.6 is 0 Å². The van der Waals surface area contributed by atoms with Crippen LogP contribution in [0.1, 0.15) is 13.8 Å². The molecule has 0 atom stereocenters. The summed E-state index contributed by atoms with van der Waals surface area (Å²) in [7, 11) is 0. The van der Waals surface area contributed by atoms with Gasteiger partial charge < -0.3 is 15.5 Å². The molecule has 3 aromatic rings. The lowest BCUT2D eigenvalue weighted by molar-refractivity contribution is 0.586. The van der Waals surface area contributed by atoms with Crippen molar-refractivity contribution >= 4 is 28.8 Å². The van der Waals surface area contributed by atoms with Crippen molar-refractivity contribution < 1.29 is 8.78 Å². The smallest absolute Gasteiger partial charge is 0.229 e. The van der Waals surface area contributed by atoms with Crippen LogP contribution in [0.2, 0.25) is 0 Å². The second kappa shape index (κ2) is 8.44. The Morgan fingerprint density at radius 2 is 1.67 bits per heavy atom. The van der Waals surface area contributed by atoms with Gasteiger partial charge in [0.05, 0.1) is 5.69 Å². The first-order valence-electron chi connectivity index (χ1n) is 8.76. The van der Waals surface area contributed by atoms with E-state index in [0.717, 1.165) is 30.5 Å². The summed E-state index contributed by atoms with van der Waals surface area (Å²) in [6.45, 7) is 6.12. The van der Waals surface area contributed by atoms with Gasteiger partial charge in [-0.2, -0.15) is 4.98 Å². The lowest BCUT2D eigenvalue weighted by atomic mass is 10.2.